The molecule has 31 heavy (non-hydrogen) atoms. The molecule has 2 bridgehead atoms. The van der Waals surface area contributed by atoms with E-state index >= 15 is 0 Å². The molecule has 1 heterocycles. The van der Waals surface area contributed by atoms with E-state index in [0.29, 0.717) is 16.9 Å². The molecule has 0 unspecified atom stereocenters. The van der Waals surface area contributed by atoms with Gasteiger partial charge in [-0.1, -0.05) is 94.6 Å². The summed E-state index contributed by atoms with van der Waals surface area (Å²) >= 11 is 0. The fourth-order valence-corrected chi connectivity index (χ4v) is 12.0. The minimum Gasteiger partial charge on any atom is -0.402 e. The quantitative estimate of drug-likeness (QED) is 0.499. The minimum atomic E-state index is -1.79. The standard InChI is InChI=1S/C27H41BO2Si/c1-19(28-29-24-18-21-17-23(26(21,2)3)27(24,4)30-28)25(20-13-9-7-10-14-20)31(5,6)22-15-11-8-12-16-22/h8,11-12,15-16,20-21,23-25H,1,7,9-10,13-14,17-18H2,2-6H3/t21-,23-,24+,25-,27-/m1/s1. The van der Waals surface area contributed by atoms with E-state index in [2.05, 4.69) is 64.2 Å². The maximum Gasteiger partial charge on any atom is 0.489 e. The maximum absolute atomic E-state index is 6.90. The van der Waals surface area contributed by atoms with Crippen molar-refractivity contribution in [1.82, 2.24) is 0 Å². The molecule has 6 rings (SSSR count). The number of hydrogen-bond donors (Lipinski definition) is 0. The number of benzene rings is 1. The van der Waals surface area contributed by atoms with Crippen LogP contribution in [0.25, 0.3) is 0 Å². The molecule has 1 aliphatic heterocycles. The van der Waals surface area contributed by atoms with E-state index in [9.17, 15) is 0 Å². The largest absolute Gasteiger partial charge is 0.489 e. The SMILES string of the molecule is C=C(B1O[C@H]2C[C@H]3C[C@H](C3(C)C)[C@@]2(C)O1)[C@H](C1CCCCC1)[Si](C)(C)c1ccccc1. The van der Waals surface area contributed by atoms with Crippen LogP contribution in [0.4, 0.5) is 0 Å². The third-order valence-corrected chi connectivity index (χ3v) is 14.3. The van der Waals surface area contributed by atoms with Crippen LogP contribution < -0.4 is 5.19 Å². The zero-order valence-electron chi connectivity index (χ0n) is 20.3. The van der Waals surface area contributed by atoms with Gasteiger partial charge in [0.2, 0.25) is 0 Å². The molecule has 5 fully saturated rings. The van der Waals surface area contributed by atoms with Crippen molar-refractivity contribution < 1.29 is 9.31 Å². The van der Waals surface area contributed by atoms with E-state index in [4.69, 9.17) is 15.9 Å². The molecule has 2 nitrogen and oxygen atoms in total. The Bertz CT molecular complexity index is 831. The van der Waals surface area contributed by atoms with Gasteiger partial charge in [-0.15, -0.1) is 6.58 Å². The Morgan fingerprint density at radius 2 is 1.74 bits per heavy atom. The van der Waals surface area contributed by atoms with Gasteiger partial charge in [-0.3, -0.25) is 0 Å². The Kier molecular flexibility index (Phi) is 5.39. The van der Waals surface area contributed by atoms with E-state index in [-0.39, 0.29) is 18.8 Å². The minimum absolute atomic E-state index is 0.151. The first-order chi connectivity index (χ1) is 14.7. The zero-order valence-corrected chi connectivity index (χ0v) is 21.3. The Morgan fingerprint density at radius 1 is 1.06 bits per heavy atom. The fraction of sp³-hybridized carbons (Fsp3) is 0.704. The van der Waals surface area contributed by atoms with Crippen LogP contribution >= 0.6 is 0 Å². The summed E-state index contributed by atoms with van der Waals surface area (Å²) in [5.74, 6) is 2.11. The van der Waals surface area contributed by atoms with Crippen LogP contribution in [0.2, 0.25) is 18.6 Å². The van der Waals surface area contributed by atoms with E-state index in [1.54, 1.807) is 0 Å². The average Bonchev–Trinajstić information content (AvgIpc) is 3.12. The fourth-order valence-electron chi connectivity index (χ4n) is 8.04. The first-order valence-electron chi connectivity index (χ1n) is 12.7. The molecule has 0 amide bonds. The molecular weight excluding hydrogens is 395 g/mol. The van der Waals surface area contributed by atoms with Crippen molar-refractivity contribution >= 4 is 20.4 Å². The Hall–Kier alpha value is -0.838. The monoisotopic (exact) mass is 436 g/mol. The summed E-state index contributed by atoms with van der Waals surface area (Å²) in [5, 5.41) is 1.54. The van der Waals surface area contributed by atoms with Crippen molar-refractivity contribution in [2.45, 2.75) is 96.1 Å². The molecule has 4 heteroatoms. The molecule has 1 aromatic rings. The molecule has 0 N–H and O–H groups in total. The predicted molar refractivity (Wildman–Crippen MR) is 133 cm³/mol. The summed E-state index contributed by atoms with van der Waals surface area (Å²) < 4.78 is 13.6. The second kappa shape index (κ2) is 7.60. The van der Waals surface area contributed by atoms with Gasteiger partial charge in [-0.05, 0) is 53.9 Å². The Labute approximate surface area is 191 Å². The van der Waals surface area contributed by atoms with Gasteiger partial charge >= 0.3 is 7.12 Å². The topological polar surface area (TPSA) is 18.5 Å². The summed E-state index contributed by atoms with van der Waals surface area (Å²) in [6, 6.07) is 11.3. The van der Waals surface area contributed by atoms with E-state index in [1.807, 2.05) is 0 Å². The van der Waals surface area contributed by atoms with Gasteiger partial charge in [-0.2, -0.15) is 0 Å². The van der Waals surface area contributed by atoms with Gasteiger partial charge in [-0.25, -0.2) is 0 Å². The lowest BCUT2D eigenvalue weighted by Crippen LogP contribution is -2.65. The molecule has 5 atom stereocenters. The normalized spacial score (nSPS) is 35.9. The second-order valence-corrected chi connectivity index (χ2v) is 17.0. The van der Waals surface area contributed by atoms with Crippen LogP contribution in [-0.4, -0.2) is 26.9 Å². The van der Waals surface area contributed by atoms with Crippen molar-refractivity contribution in [2.75, 3.05) is 0 Å². The van der Waals surface area contributed by atoms with E-state index < -0.39 is 8.07 Å². The Balaban J connectivity index is 1.44. The molecule has 0 radical (unpaired) electrons. The van der Waals surface area contributed by atoms with E-state index in [0.717, 1.165) is 18.3 Å². The van der Waals surface area contributed by atoms with Crippen LogP contribution in [0.5, 0.6) is 0 Å². The number of allylic oxidation sites excluding steroid dienone is 1. The summed E-state index contributed by atoms with van der Waals surface area (Å²) in [6.45, 7) is 17.1. The summed E-state index contributed by atoms with van der Waals surface area (Å²) in [6.07, 6.45) is 9.46. The van der Waals surface area contributed by atoms with Crippen LogP contribution in [0.3, 0.4) is 0 Å². The molecule has 1 saturated heterocycles. The molecular formula is C27H41BO2Si. The van der Waals surface area contributed by atoms with Crippen molar-refractivity contribution in [1.29, 1.82) is 0 Å². The van der Waals surface area contributed by atoms with Gasteiger partial charge in [0.05, 0.1) is 19.8 Å². The summed E-state index contributed by atoms with van der Waals surface area (Å²) in [7, 11) is -2.02. The first-order valence-corrected chi connectivity index (χ1v) is 15.8. The smallest absolute Gasteiger partial charge is 0.402 e. The lowest BCUT2D eigenvalue weighted by atomic mass is 9.43. The van der Waals surface area contributed by atoms with Crippen LogP contribution in [0.15, 0.2) is 42.4 Å². The van der Waals surface area contributed by atoms with Crippen LogP contribution in [0, 0.1) is 23.2 Å². The number of rotatable bonds is 5. The zero-order chi connectivity index (χ0) is 22.0. The van der Waals surface area contributed by atoms with Crippen LogP contribution in [-0.2, 0) is 9.31 Å². The highest BCUT2D eigenvalue weighted by Gasteiger charge is 2.68. The third kappa shape index (κ3) is 3.35. The van der Waals surface area contributed by atoms with Crippen molar-refractivity contribution in [2.24, 2.45) is 23.2 Å². The highest BCUT2D eigenvalue weighted by atomic mass is 28.3. The molecule has 168 valence electrons. The maximum atomic E-state index is 6.90. The van der Waals surface area contributed by atoms with Gasteiger partial charge in [0.25, 0.3) is 0 Å². The van der Waals surface area contributed by atoms with Gasteiger partial charge in [0.15, 0.2) is 0 Å². The van der Waals surface area contributed by atoms with Gasteiger partial charge in [0.1, 0.15) is 0 Å². The van der Waals surface area contributed by atoms with Crippen molar-refractivity contribution in [3.8, 4) is 0 Å². The van der Waals surface area contributed by atoms with Crippen LogP contribution in [0.1, 0.15) is 65.7 Å². The highest BCUT2D eigenvalue weighted by molar-refractivity contribution is 6.92. The van der Waals surface area contributed by atoms with E-state index in [1.165, 1.54) is 49.2 Å². The molecule has 4 saturated carbocycles. The third-order valence-electron chi connectivity index (χ3n) is 10.1. The van der Waals surface area contributed by atoms with Gasteiger partial charge < -0.3 is 9.31 Å². The average molecular weight is 437 g/mol. The first kappa shape index (κ1) is 22.0. The summed E-state index contributed by atoms with van der Waals surface area (Å²) in [4.78, 5) is 0. The highest BCUT2D eigenvalue weighted by Crippen LogP contribution is 2.66. The molecule has 1 aromatic carbocycles. The number of hydrogen-bond acceptors (Lipinski definition) is 2. The van der Waals surface area contributed by atoms with Crippen molar-refractivity contribution in [3.63, 3.8) is 0 Å². The molecule has 0 aromatic heterocycles. The molecule has 0 spiro atoms. The molecule has 5 aliphatic rings. The summed E-state index contributed by atoms with van der Waals surface area (Å²) in [5.41, 5.74) is 1.98. The Morgan fingerprint density at radius 3 is 2.39 bits per heavy atom. The lowest BCUT2D eigenvalue weighted by molar-refractivity contribution is -0.199. The predicted octanol–water partition coefficient (Wildman–Crippen LogP) is 6.38. The second-order valence-electron chi connectivity index (χ2n) is 12.3. The van der Waals surface area contributed by atoms with Gasteiger partial charge in [0, 0.05) is 0 Å². The van der Waals surface area contributed by atoms with Crippen molar-refractivity contribution in [3.05, 3.63) is 42.4 Å². The molecule has 4 aliphatic carbocycles. The lowest BCUT2D eigenvalue weighted by Gasteiger charge is -2.64.